The van der Waals surface area contributed by atoms with Gasteiger partial charge in [0.15, 0.2) is 0 Å². The van der Waals surface area contributed by atoms with Gasteiger partial charge in [0.25, 0.3) is 0 Å². The molecule has 94 valence electrons. The number of aryl methyl sites for hydroxylation is 1. The second kappa shape index (κ2) is 5.73. The van der Waals surface area contributed by atoms with Gasteiger partial charge in [-0.1, -0.05) is 6.07 Å². The van der Waals surface area contributed by atoms with E-state index in [0.29, 0.717) is 0 Å². The number of ether oxygens (including phenoxy) is 1. The molecule has 0 spiro atoms. The van der Waals surface area contributed by atoms with Gasteiger partial charge < -0.3 is 4.74 Å². The van der Waals surface area contributed by atoms with E-state index in [4.69, 9.17) is 10.00 Å². The first-order valence-electron chi connectivity index (χ1n) is 6.59. The summed E-state index contributed by atoms with van der Waals surface area (Å²) in [5.41, 5.74) is 3.69. The van der Waals surface area contributed by atoms with Crippen molar-refractivity contribution in [2.75, 3.05) is 0 Å². The molecule has 1 aromatic rings. The summed E-state index contributed by atoms with van der Waals surface area (Å²) in [6.45, 7) is 4.05. The van der Waals surface area contributed by atoms with Crippen molar-refractivity contribution in [1.82, 2.24) is 0 Å². The molecule has 1 aliphatic rings. The van der Waals surface area contributed by atoms with Gasteiger partial charge in [-0.15, -0.1) is 0 Å². The first-order chi connectivity index (χ1) is 8.70. The smallest absolute Gasteiger partial charge is 0.120 e. The molecule has 1 aromatic carbocycles. The zero-order valence-electron chi connectivity index (χ0n) is 11.1. The van der Waals surface area contributed by atoms with Gasteiger partial charge in [-0.3, -0.25) is 0 Å². The fourth-order valence-corrected chi connectivity index (χ4v) is 2.41. The monoisotopic (exact) mass is 241 g/mol. The molecule has 2 nitrogen and oxygen atoms in total. The Kier molecular flexibility index (Phi) is 4.04. The summed E-state index contributed by atoms with van der Waals surface area (Å²) in [5, 5.41) is 8.89. The normalized spacial score (nSPS) is 17.1. The van der Waals surface area contributed by atoms with Gasteiger partial charge in [0, 0.05) is 6.08 Å². The number of hydrogen-bond acceptors (Lipinski definition) is 2. The lowest BCUT2D eigenvalue weighted by molar-refractivity contribution is 0.242. The molecular weight excluding hydrogens is 222 g/mol. The van der Waals surface area contributed by atoms with Crippen molar-refractivity contribution in [1.29, 1.82) is 5.26 Å². The second-order valence-corrected chi connectivity index (χ2v) is 4.99. The van der Waals surface area contributed by atoms with Crippen molar-refractivity contribution in [3.8, 4) is 11.8 Å². The number of allylic oxidation sites excluding steroid dienone is 2. The highest BCUT2D eigenvalue weighted by Crippen LogP contribution is 2.32. The number of nitriles is 1. The standard InChI is InChI=1S/C16H19NO/c1-12(2)18-15-8-7-13-5-3-4-6-14(9-10-17)16(13)11-15/h7-9,11-12H,3-6H2,1-2H3. The van der Waals surface area contributed by atoms with Crippen LogP contribution in [0, 0.1) is 11.3 Å². The zero-order chi connectivity index (χ0) is 13.0. The summed E-state index contributed by atoms with van der Waals surface area (Å²) in [6.07, 6.45) is 6.30. The van der Waals surface area contributed by atoms with Gasteiger partial charge >= 0.3 is 0 Å². The Morgan fingerprint density at radius 3 is 2.78 bits per heavy atom. The molecule has 0 amide bonds. The van der Waals surface area contributed by atoms with E-state index < -0.39 is 0 Å². The highest BCUT2D eigenvalue weighted by atomic mass is 16.5. The molecule has 1 aliphatic carbocycles. The molecule has 2 rings (SSSR count). The molecule has 0 unspecified atom stereocenters. The van der Waals surface area contributed by atoms with Crippen LogP contribution in [0.25, 0.3) is 5.57 Å². The minimum Gasteiger partial charge on any atom is -0.491 e. The Balaban J connectivity index is 2.40. The van der Waals surface area contributed by atoms with Crippen LogP contribution in [0.4, 0.5) is 0 Å². The maximum atomic E-state index is 8.89. The lowest BCUT2D eigenvalue weighted by Gasteiger charge is -2.14. The summed E-state index contributed by atoms with van der Waals surface area (Å²) in [4.78, 5) is 0. The minimum atomic E-state index is 0.178. The van der Waals surface area contributed by atoms with Gasteiger partial charge in [-0.05, 0) is 68.4 Å². The van der Waals surface area contributed by atoms with Crippen LogP contribution in [0.3, 0.4) is 0 Å². The molecule has 0 atom stereocenters. The molecule has 2 heteroatoms. The highest BCUT2D eigenvalue weighted by Gasteiger charge is 2.13. The predicted octanol–water partition coefficient (Wildman–Crippen LogP) is 4.11. The Hall–Kier alpha value is -1.75. The molecule has 0 saturated heterocycles. The third-order valence-corrected chi connectivity index (χ3v) is 3.18. The summed E-state index contributed by atoms with van der Waals surface area (Å²) < 4.78 is 5.74. The average molecular weight is 241 g/mol. The van der Waals surface area contributed by atoms with E-state index in [0.717, 1.165) is 30.6 Å². The van der Waals surface area contributed by atoms with Gasteiger partial charge in [0.2, 0.25) is 0 Å². The van der Waals surface area contributed by atoms with E-state index >= 15 is 0 Å². The number of nitrogens with zero attached hydrogens (tertiary/aromatic N) is 1. The molecule has 18 heavy (non-hydrogen) atoms. The Morgan fingerprint density at radius 1 is 1.28 bits per heavy atom. The maximum Gasteiger partial charge on any atom is 0.120 e. The van der Waals surface area contributed by atoms with Crippen LogP contribution in [0.5, 0.6) is 5.75 Å². The topological polar surface area (TPSA) is 33.0 Å². The van der Waals surface area contributed by atoms with E-state index in [1.54, 1.807) is 6.08 Å². The Labute approximate surface area is 109 Å². The quantitative estimate of drug-likeness (QED) is 0.576. The summed E-state index contributed by atoms with van der Waals surface area (Å²) in [5.74, 6) is 0.898. The van der Waals surface area contributed by atoms with Crippen LogP contribution >= 0.6 is 0 Å². The van der Waals surface area contributed by atoms with E-state index in [1.165, 1.54) is 17.5 Å². The predicted molar refractivity (Wildman–Crippen MR) is 73.4 cm³/mol. The van der Waals surface area contributed by atoms with Crippen LogP contribution < -0.4 is 4.74 Å². The minimum absolute atomic E-state index is 0.178. The maximum absolute atomic E-state index is 8.89. The molecular formula is C16H19NO. The van der Waals surface area contributed by atoms with Crippen molar-refractivity contribution in [3.05, 3.63) is 35.4 Å². The van der Waals surface area contributed by atoms with Crippen LogP contribution in [0.1, 0.15) is 44.2 Å². The molecule has 0 aliphatic heterocycles. The van der Waals surface area contributed by atoms with Crippen molar-refractivity contribution in [2.24, 2.45) is 0 Å². The van der Waals surface area contributed by atoms with Crippen molar-refractivity contribution >= 4 is 5.57 Å². The summed E-state index contributed by atoms with van der Waals surface area (Å²) >= 11 is 0. The zero-order valence-corrected chi connectivity index (χ0v) is 11.1. The Morgan fingerprint density at radius 2 is 2.06 bits per heavy atom. The third-order valence-electron chi connectivity index (χ3n) is 3.18. The summed E-state index contributed by atoms with van der Waals surface area (Å²) in [6, 6.07) is 8.43. The van der Waals surface area contributed by atoms with E-state index in [9.17, 15) is 0 Å². The molecule has 0 radical (unpaired) electrons. The van der Waals surface area contributed by atoms with Gasteiger partial charge in [-0.25, -0.2) is 0 Å². The van der Waals surface area contributed by atoms with Crippen molar-refractivity contribution in [2.45, 2.75) is 45.6 Å². The molecule has 0 fully saturated rings. The van der Waals surface area contributed by atoms with Crippen molar-refractivity contribution < 1.29 is 4.74 Å². The number of hydrogen-bond donors (Lipinski definition) is 0. The lowest BCUT2D eigenvalue weighted by Crippen LogP contribution is -2.06. The first-order valence-corrected chi connectivity index (χ1v) is 6.59. The SMILES string of the molecule is CC(C)Oc1ccc2c(c1)C(=CC#N)CCCC2. The molecule has 0 bridgehead atoms. The molecule has 0 saturated carbocycles. The van der Waals surface area contributed by atoms with E-state index in [2.05, 4.69) is 18.2 Å². The largest absolute Gasteiger partial charge is 0.491 e. The van der Waals surface area contributed by atoms with Gasteiger partial charge in [0.1, 0.15) is 5.75 Å². The number of benzene rings is 1. The average Bonchev–Trinajstić information content (AvgIpc) is 2.52. The second-order valence-electron chi connectivity index (χ2n) is 4.99. The fraction of sp³-hybridized carbons (Fsp3) is 0.438. The van der Waals surface area contributed by atoms with Gasteiger partial charge in [0.05, 0.1) is 12.2 Å². The molecule has 0 N–H and O–H groups in total. The number of fused-ring (bicyclic) bond motifs is 1. The molecule has 0 aromatic heterocycles. The third kappa shape index (κ3) is 2.92. The first kappa shape index (κ1) is 12.7. The fourth-order valence-electron chi connectivity index (χ4n) is 2.41. The van der Waals surface area contributed by atoms with Crippen LogP contribution in [-0.4, -0.2) is 6.10 Å². The lowest BCUT2D eigenvalue weighted by atomic mass is 9.98. The van der Waals surface area contributed by atoms with E-state index in [-0.39, 0.29) is 6.10 Å². The van der Waals surface area contributed by atoms with Crippen LogP contribution in [-0.2, 0) is 6.42 Å². The Bertz CT molecular complexity index is 494. The summed E-state index contributed by atoms with van der Waals surface area (Å²) in [7, 11) is 0. The number of rotatable bonds is 2. The van der Waals surface area contributed by atoms with Crippen molar-refractivity contribution in [3.63, 3.8) is 0 Å². The van der Waals surface area contributed by atoms with Crippen LogP contribution in [0.2, 0.25) is 0 Å². The van der Waals surface area contributed by atoms with E-state index in [1.807, 2.05) is 19.9 Å². The van der Waals surface area contributed by atoms with Crippen LogP contribution in [0.15, 0.2) is 24.3 Å². The molecule has 0 heterocycles. The van der Waals surface area contributed by atoms with Gasteiger partial charge in [-0.2, -0.15) is 5.26 Å². The highest BCUT2D eigenvalue weighted by molar-refractivity contribution is 5.71.